The summed E-state index contributed by atoms with van der Waals surface area (Å²) in [6, 6.07) is 2.84. The van der Waals surface area contributed by atoms with Gasteiger partial charge in [0.1, 0.15) is 0 Å². The van der Waals surface area contributed by atoms with Crippen molar-refractivity contribution in [3.05, 3.63) is 24.0 Å². The third-order valence-electron chi connectivity index (χ3n) is 4.48. The van der Waals surface area contributed by atoms with Gasteiger partial charge in [0.05, 0.1) is 0 Å². The first-order valence-electron chi connectivity index (χ1n) is 8.95. The van der Waals surface area contributed by atoms with Crippen molar-refractivity contribution in [1.82, 2.24) is 14.8 Å². The average molecular weight is 291 g/mol. The number of rotatable bonds is 10. The minimum atomic E-state index is 0.537. The molecule has 120 valence electrons. The molecule has 1 aromatic rings. The van der Waals surface area contributed by atoms with Gasteiger partial charge in [-0.1, -0.05) is 20.3 Å². The molecule has 0 saturated carbocycles. The molecule has 1 N–H and O–H groups in total. The number of aryl methyl sites for hydroxylation is 1. The number of nitrogens with zero attached hydrogens (tertiary/aromatic N) is 2. The maximum Gasteiger partial charge on any atom is 0.0335 e. The molecule has 1 saturated heterocycles. The molecule has 1 aromatic heterocycles. The van der Waals surface area contributed by atoms with E-state index >= 15 is 0 Å². The van der Waals surface area contributed by atoms with E-state index in [9.17, 15) is 0 Å². The molecule has 0 radical (unpaired) electrons. The third kappa shape index (κ3) is 5.48. The van der Waals surface area contributed by atoms with E-state index in [1.165, 1.54) is 63.7 Å². The Hall–Kier alpha value is -0.800. The number of hydrogen-bond donors (Lipinski definition) is 1. The van der Waals surface area contributed by atoms with Crippen LogP contribution in [0.25, 0.3) is 0 Å². The zero-order chi connectivity index (χ0) is 14.9. The Kier molecular flexibility index (Phi) is 7.31. The summed E-state index contributed by atoms with van der Waals surface area (Å²) in [4.78, 5) is 2.60. The Labute approximate surface area is 130 Å². The van der Waals surface area contributed by atoms with Crippen molar-refractivity contribution < 1.29 is 0 Å². The number of nitrogens with one attached hydrogen (secondary N) is 1. The van der Waals surface area contributed by atoms with Crippen molar-refractivity contribution >= 4 is 0 Å². The number of aromatic nitrogens is 1. The van der Waals surface area contributed by atoms with Crippen LogP contribution >= 0.6 is 0 Å². The highest BCUT2D eigenvalue weighted by atomic mass is 15.1. The molecule has 0 amide bonds. The van der Waals surface area contributed by atoms with Crippen molar-refractivity contribution in [2.45, 2.75) is 65.0 Å². The van der Waals surface area contributed by atoms with E-state index < -0.39 is 0 Å². The van der Waals surface area contributed by atoms with E-state index in [-0.39, 0.29) is 0 Å². The molecule has 21 heavy (non-hydrogen) atoms. The Balaban J connectivity index is 1.77. The Morgan fingerprint density at radius 3 is 2.67 bits per heavy atom. The van der Waals surface area contributed by atoms with E-state index in [1.54, 1.807) is 0 Å². The SMILES string of the molecule is CCCNC(CCC)c1ccn(CCCN2CCCC2)c1. The van der Waals surface area contributed by atoms with Crippen LogP contribution in [0.4, 0.5) is 0 Å². The van der Waals surface area contributed by atoms with Crippen LogP contribution in [-0.4, -0.2) is 35.6 Å². The highest BCUT2D eigenvalue weighted by molar-refractivity contribution is 5.15. The van der Waals surface area contributed by atoms with Crippen molar-refractivity contribution in [3.63, 3.8) is 0 Å². The first-order valence-corrected chi connectivity index (χ1v) is 8.95. The monoisotopic (exact) mass is 291 g/mol. The fraction of sp³-hybridized carbons (Fsp3) is 0.778. The topological polar surface area (TPSA) is 20.2 Å². The van der Waals surface area contributed by atoms with Gasteiger partial charge in [-0.2, -0.15) is 0 Å². The van der Waals surface area contributed by atoms with Gasteiger partial charge in [-0.05, 0) is 69.9 Å². The first-order chi connectivity index (χ1) is 10.3. The van der Waals surface area contributed by atoms with Crippen LogP contribution in [0.3, 0.4) is 0 Å². The lowest BCUT2D eigenvalue weighted by molar-refractivity contribution is 0.325. The van der Waals surface area contributed by atoms with Crippen molar-refractivity contribution in [2.24, 2.45) is 0 Å². The maximum absolute atomic E-state index is 3.68. The van der Waals surface area contributed by atoms with E-state index in [0.29, 0.717) is 6.04 Å². The summed E-state index contributed by atoms with van der Waals surface area (Å²) in [6.07, 6.45) is 12.4. The summed E-state index contributed by atoms with van der Waals surface area (Å²) in [7, 11) is 0. The summed E-state index contributed by atoms with van der Waals surface area (Å²) >= 11 is 0. The second-order valence-corrected chi connectivity index (χ2v) is 6.38. The fourth-order valence-corrected chi connectivity index (χ4v) is 3.28. The summed E-state index contributed by atoms with van der Waals surface area (Å²) in [5.74, 6) is 0. The summed E-state index contributed by atoms with van der Waals surface area (Å²) < 4.78 is 2.38. The van der Waals surface area contributed by atoms with Gasteiger partial charge in [-0.25, -0.2) is 0 Å². The van der Waals surface area contributed by atoms with Crippen LogP contribution in [0.1, 0.15) is 64.0 Å². The van der Waals surface area contributed by atoms with Gasteiger partial charge in [0.25, 0.3) is 0 Å². The fourth-order valence-electron chi connectivity index (χ4n) is 3.28. The van der Waals surface area contributed by atoms with Gasteiger partial charge >= 0.3 is 0 Å². The summed E-state index contributed by atoms with van der Waals surface area (Å²) in [5, 5.41) is 3.68. The van der Waals surface area contributed by atoms with E-state index in [1.807, 2.05) is 0 Å². The van der Waals surface area contributed by atoms with Crippen molar-refractivity contribution in [2.75, 3.05) is 26.2 Å². The van der Waals surface area contributed by atoms with Crippen LogP contribution < -0.4 is 5.32 Å². The van der Waals surface area contributed by atoms with Gasteiger partial charge in [0, 0.05) is 25.0 Å². The van der Waals surface area contributed by atoms with E-state index in [2.05, 4.69) is 47.1 Å². The molecular weight excluding hydrogens is 258 g/mol. The molecule has 0 bridgehead atoms. The molecule has 0 aliphatic carbocycles. The van der Waals surface area contributed by atoms with Crippen LogP contribution in [-0.2, 0) is 6.54 Å². The van der Waals surface area contributed by atoms with Crippen LogP contribution in [0.5, 0.6) is 0 Å². The third-order valence-corrected chi connectivity index (χ3v) is 4.48. The molecule has 1 aliphatic heterocycles. The molecule has 1 unspecified atom stereocenters. The zero-order valence-corrected chi connectivity index (χ0v) is 14.0. The molecule has 1 fully saturated rings. The molecule has 2 rings (SSSR count). The second kappa shape index (κ2) is 9.26. The van der Waals surface area contributed by atoms with Gasteiger partial charge in [-0.15, -0.1) is 0 Å². The molecule has 3 heteroatoms. The molecule has 3 nitrogen and oxygen atoms in total. The van der Waals surface area contributed by atoms with Crippen LogP contribution in [0.2, 0.25) is 0 Å². The highest BCUT2D eigenvalue weighted by Crippen LogP contribution is 2.19. The molecule has 0 spiro atoms. The van der Waals surface area contributed by atoms with Gasteiger partial charge in [0.15, 0.2) is 0 Å². The first kappa shape index (κ1) is 16.6. The molecule has 1 atom stereocenters. The van der Waals surface area contributed by atoms with E-state index in [4.69, 9.17) is 0 Å². The lowest BCUT2D eigenvalue weighted by atomic mass is 10.1. The Morgan fingerprint density at radius 2 is 1.95 bits per heavy atom. The smallest absolute Gasteiger partial charge is 0.0335 e. The molecular formula is C18H33N3. The molecule has 1 aliphatic rings. The predicted molar refractivity (Wildman–Crippen MR) is 90.7 cm³/mol. The number of hydrogen-bond acceptors (Lipinski definition) is 2. The van der Waals surface area contributed by atoms with Crippen molar-refractivity contribution in [3.8, 4) is 0 Å². The number of likely N-dealkylation sites (tertiary alicyclic amines) is 1. The zero-order valence-electron chi connectivity index (χ0n) is 14.0. The predicted octanol–water partition coefficient (Wildman–Crippen LogP) is 3.81. The van der Waals surface area contributed by atoms with Crippen molar-refractivity contribution in [1.29, 1.82) is 0 Å². The lowest BCUT2D eigenvalue weighted by Gasteiger charge is -2.17. The molecule has 2 heterocycles. The summed E-state index contributed by atoms with van der Waals surface area (Å²) in [6.45, 7) is 10.7. The normalized spacial score (nSPS) is 17.4. The van der Waals surface area contributed by atoms with Gasteiger partial charge in [0.2, 0.25) is 0 Å². The maximum atomic E-state index is 3.68. The van der Waals surface area contributed by atoms with Crippen LogP contribution in [0, 0.1) is 0 Å². The highest BCUT2D eigenvalue weighted by Gasteiger charge is 2.12. The minimum Gasteiger partial charge on any atom is -0.354 e. The van der Waals surface area contributed by atoms with E-state index in [0.717, 1.165) is 13.1 Å². The molecule has 0 aromatic carbocycles. The minimum absolute atomic E-state index is 0.537. The van der Waals surface area contributed by atoms with Gasteiger partial charge in [-0.3, -0.25) is 0 Å². The summed E-state index contributed by atoms with van der Waals surface area (Å²) in [5.41, 5.74) is 1.46. The quantitative estimate of drug-likeness (QED) is 0.707. The average Bonchev–Trinajstić information content (AvgIpc) is 3.15. The lowest BCUT2D eigenvalue weighted by Crippen LogP contribution is -2.22. The Morgan fingerprint density at radius 1 is 1.14 bits per heavy atom. The van der Waals surface area contributed by atoms with Gasteiger partial charge < -0.3 is 14.8 Å². The Bertz CT molecular complexity index is 380. The van der Waals surface area contributed by atoms with Crippen LogP contribution in [0.15, 0.2) is 18.5 Å². The largest absolute Gasteiger partial charge is 0.354 e. The standard InChI is InChI=1S/C18H33N3/c1-3-8-18(19-10-4-2)17-9-15-21(16-17)14-7-13-20-11-5-6-12-20/h9,15-16,18-19H,3-8,10-14H2,1-2H3. The second-order valence-electron chi connectivity index (χ2n) is 6.38.